The molecule has 5 rings (SSSR count). The first-order chi connectivity index (χ1) is 17.1. The third-order valence-corrected chi connectivity index (χ3v) is 6.39. The lowest BCUT2D eigenvalue weighted by Gasteiger charge is -2.33. The Morgan fingerprint density at radius 2 is 2.08 bits per heavy atom. The van der Waals surface area contributed by atoms with E-state index in [9.17, 15) is 18.0 Å². The van der Waals surface area contributed by atoms with E-state index in [2.05, 4.69) is 15.0 Å². The molecular weight excluding hydrogens is 477 g/mol. The lowest BCUT2D eigenvalue weighted by Crippen LogP contribution is -2.37. The molecule has 1 amide bonds. The van der Waals surface area contributed by atoms with Gasteiger partial charge in [0, 0.05) is 25.3 Å². The Labute approximate surface area is 203 Å². The fourth-order valence-electron chi connectivity index (χ4n) is 4.59. The second kappa shape index (κ2) is 8.71. The van der Waals surface area contributed by atoms with Gasteiger partial charge < -0.3 is 20.1 Å². The van der Waals surface area contributed by atoms with Gasteiger partial charge in [-0.25, -0.2) is 15.0 Å². The van der Waals surface area contributed by atoms with Gasteiger partial charge in [0.1, 0.15) is 23.4 Å². The predicted molar refractivity (Wildman–Crippen MR) is 124 cm³/mol. The minimum atomic E-state index is -4.57. The van der Waals surface area contributed by atoms with E-state index in [1.807, 2.05) is 6.92 Å². The second-order valence-corrected chi connectivity index (χ2v) is 8.65. The Bertz CT molecular complexity index is 1500. The number of ether oxygens (including phenoxy) is 2. The molecule has 3 aromatic heterocycles. The van der Waals surface area contributed by atoms with Crippen LogP contribution in [0.2, 0.25) is 0 Å². The molecule has 1 aliphatic rings. The van der Waals surface area contributed by atoms with Gasteiger partial charge in [0.15, 0.2) is 0 Å². The van der Waals surface area contributed by atoms with E-state index in [1.165, 1.54) is 18.1 Å². The normalized spacial score (nSPS) is 15.9. The first-order valence-electron chi connectivity index (χ1n) is 11.1. The van der Waals surface area contributed by atoms with Crippen LogP contribution in [-0.2, 0) is 28.9 Å². The van der Waals surface area contributed by atoms with Gasteiger partial charge in [-0.15, -0.1) is 0 Å². The number of aromatic nitrogens is 4. The molecule has 0 bridgehead atoms. The number of hydrogen-bond donors (Lipinski definition) is 1. The number of amides is 1. The molecule has 36 heavy (non-hydrogen) atoms. The molecule has 0 unspecified atom stereocenters. The molecule has 188 valence electrons. The lowest BCUT2D eigenvalue weighted by molar-refractivity contribution is -0.141. The smallest absolute Gasteiger partial charge is 0.382 e. The third kappa shape index (κ3) is 3.91. The number of carbonyl (C=O) groups excluding carboxylic acids is 1. The van der Waals surface area contributed by atoms with Crippen molar-refractivity contribution in [2.24, 2.45) is 0 Å². The number of rotatable bonds is 4. The zero-order valence-corrected chi connectivity index (χ0v) is 19.8. The van der Waals surface area contributed by atoms with E-state index in [4.69, 9.17) is 15.2 Å². The summed E-state index contributed by atoms with van der Waals surface area (Å²) in [5, 5.41) is 0. The van der Waals surface area contributed by atoms with Gasteiger partial charge >= 0.3 is 6.18 Å². The highest BCUT2D eigenvalue weighted by Gasteiger charge is 2.36. The summed E-state index contributed by atoms with van der Waals surface area (Å²) in [6.45, 7) is 2.02. The topological polar surface area (TPSA) is 108 Å². The molecule has 1 aliphatic heterocycles. The van der Waals surface area contributed by atoms with Crippen LogP contribution in [0.5, 0.6) is 0 Å². The summed E-state index contributed by atoms with van der Waals surface area (Å²) in [6, 6.07) is 5.12. The quantitative estimate of drug-likeness (QED) is 0.456. The minimum Gasteiger partial charge on any atom is -0.382 e. The number of fused-ring (bicyclic) bond motifs is 4. The molecule has 0 spiro atoms. The fourth-order valence-corrected chi connectivity index (χ4v) is 4.59. The maximum atomic E-state index is 13.8. The number of pyridine rings is 1. The zero-order valence-electron chi connectivity index (χ0n) is 19.8. The van der Waals surface area contributed by atoms with Crippen molar-refractivity contribution in [3.63, 3.8) is 0 Å². The van der Waals surface area contributed by atoms with Gasteiger partial charge in [0.2, 0.25) is 0 Å². The molecule has 0 radical (unpaired) electrons. The van der Waals surface area contributed by atoms with Crippen molar-refractivity contribution in [1.29, 1.82) is 0 Å². The van der Waals surface area contributed by atoms with Gasteiger partial charge in [-0.2, -0.15) is 13.2 Å². The molecule has 1 atom stereocenters. The summed E-state index contributed by atoms with van der Waals surface area (Å²) in [6.07, 6.45) is -2.95. The van der Waals surface area contributed by atoms with Gasteiger partial charge in [-0.3, -0.25) is 9.20 Å². The maximum Gasteiger partial charge on any atom is 0.433 e. The summed E-state index contributed by atoms with van der Waals surface area (Å²) in [5.41, 5.74) is 9.33. The highest BCUT2D eigenvalue weighted by molar-refractivity contribution is 6.00. The van der Waals surface area contributed by atoms with Crippen LogP contribution in [0.3, 0.4) is 0 Å². The molecule has 2 N–H and O–H groups in total. The first-order valence-corrected chi connectivity index (χ1v) is 11.1. The van der Waals surface area contributed by atoms with Crippen molar-refractivity contribution in [2.75, 3.05) is 26.5 Å². The molecule has 0 saturated carbocycles. The molecule has 0 saturated heterocycles. The van der Waals surface area contributed by atoms with Crippen LogP contribution in [0.25, 0.3) is 16.6 Å². The van der Waals surface area contributed by atoms with Crippen molar-refractivity contribution in [2.45, 2.75) is 32.4 Å². The summed E-state index contributed by atoms with van der Waals surface area (Å²) in [7, 11) is 3.10. The summed E-state index contributed by atoms with van der Waals surface area (Å²) >= 11 is 0. The van der Waals surface area contributed by atoms with Crippen LogP contribution in [0.1, 0.15) is 44.6 Å². The standard InChI is InChI=1S/C24H23F3N6O3/c1-12-21-22(28)31-16-6-13(8-35-3)15(7-18(16)33(21)11-29-12)23(34)32(2)19-10-36-9-17-14(19)4-5-20(30-17)24(25,26)27/h4-7,11,19H,8-10H2,1-3H3,(H2,28,31)/t19-/m0/s1. The van der Waals surface area contributed by atoms with Crippen LogP contribution in [0.15, 0.2) is 30.6 Å². The number of alkyl halides is 3. The Morgan fingerprint density at radius 3 is 2.81 bits per heavy atom. The number of halogens is 3. The zero-order chi connectivity index (χ0) is 25.8. The van der Waals surface area contributed by atoms with Crippen molar-refractivity contribution < 1.29 is 27.4 Å². The van der Waals surface area contributed by atoms with E-state index in [-0.39, 0.29) is 31.4 Å². The number of nitrogens with zero attached hydrogens (tertiary/aromatic N) is 5. The number of hydrogen-bond acceptors (Lipinski definition) is 7. The number of nitrogens with two attached hydrogens (primary N) is 1. The Balaban J connectivity index is 1.59. The molecule has 12 heteroatoms. The monoisotopic (exact) mass is 500 g/mol. The van der Waals surface area contributed by atoms with Gasteiger partial charge in [0.25, 0.3) is 5.91 Å². The van der Waals surface area contributed by atoms with Crippen molar-refractivity contribution in [3.8, 4) is 0 Å². The summed E-state index contributed by atoms with van der Waals surface area (Å²) in [4.78, 5) is 27.8. The highest BCUT2D eigenvalue weighted by Crippen LogP contribution is 2.34. The van der Waals surface area contributed by atoms with Gasteiger partial charge in [0.05, 0.1) is 48.3 Å². The average molecular weight is 500 g/mol. The number of carbonyl (C=O) groups is 1. The first kappa shape index (κ1) is 23.9. The average Bonchev–Trinajstić information content (AvgIpc) is 3.24. The molecule has 0 aliphatic carbocycles. The van der Waals surface area contributed by atoms with Crippen molar-refractivity contribution in [3.05, 3.63) is 64.4 Å². The van der Waals surface area contributed by atoms with Gasteiger partial charge in [-0.1, -0.05) is 6.07 Å². The van der Waals surface area contributed by atoms with E-state index >= 15 is 0 Å². The molecule has 4 heterocycles. The lowest BCUT2D eigenvalue weighted by atomic mass is 9.99. The SMILES string of the molecule is COCc1cc2nc(N)c3c(C)ncn3c2cc1C(=O)N(C)[C@H]1COCc2nc(C(F)(F)F)ccc21. The van der Waals surface area contributed by atoms with E-state index in [0.717, 1.165) is 6.07 Å². The summed E-state index contributed by atoms with van der Waals surface area (Å²) in [5.74, 6) is -0.0362. The van der Waals surface area contributed by atoms with Crippen LogP contribution < -0.4 is 5.73 Å². The van der Waals surface area contributed by atoms with E-state index < -0.39 is 17.9 Å². The number of anilines is 1. The third-order valence-electron chi connectivity index (χ3n) is 6.39. The van der Waals surface area contributed by atoms with E-state index in [1.54, 1.807) is 29.9 Å². The number of aryl methyl sites for hydroxylation is 1. The Hall–Kier alpha value is -3.77. The second-order valence-electron chi connectivity index (χ2n) is 8.65. The number of imidazole rings is 1. The number of benzene rings is 1. The van der Waals surface area contributed by atoms with Crippen molar-refractivity contribution >= 4 is 28.3 Å². The van der Waals surface area contributed by atoms with Crippen LogP contribution in [-0.4, -0.2) is 50.9 Å². The maximum absolute atomic E-state index is 13.8. The van der Waals surface area contributed by atoms with Crippen molar-refractivity contribution in [1.82, 2.24) is 24.3 Å². The number of nitrogen functional groups attached to an aromatic ring is 1. The molecule has 4 aromatic rings. The molecule has 0 fully saturated rings. The highest BCUT2D eigenvalue weighted by atomic mass is 19.4. The van der Waals surface area contributed by atoms with Crippen LogP contribution in [0.4, 0.5) is 19.0 Å². The molecule has 9 nitrogen and oxygen atoms in total. The fraction of sp³-hybridized carbons (Fsp3) is 0.333. The van der Waals surface area contributed by atoms with Crippen LogP contribution in [0, 0.1) is 6.92 Å². The Morgan fingerprint density at radius 1 is 1.31 bits per heavy atom. The largest absolute Gasteiger partial charge is 0.433 e. The number of methoxy groups -OCH3 is 1. The van der Waals surface area contributed by atoms with Crippen LogP contribution >= 0.6 is 0 Å². The predicted octanol–water partition coefficient (Wildman–Crippen LogP) is 3.68. The molecule has 1 aromatic carbocycles. The molecular formula is C24H23F3N6O3. The summed E-state index contributed by atoms with van der Waals surface area (Å²) < 4.78 is 52.1. The number of likely N-dealkylation sites (N-methyl/N-ethyl adjacent to an activating group) is 1. The minimum absolute atomic E-state index is 0.0618. The van der Waals surface area contributed by atoms with E-state index in [0.29, 0.717) is 44.8 Å². The Kier molecular flexibility index (Phi) is 5.80. The van der Waals surface area contributed by atoms with Gasteiger partial charge in [-0.05, 0) is 30.7 Å².